The number of carbonyl (C=O) groups excluding carboxylic acids is 1. The molecule has 1 aromatic carbocycles. The normalized spacial score (nSPS) is 10.8. The van der Waals surface area contributed by atoms with E-state index in [2.05, 4.69) is 20.9 Å². The minimum absolute atomic E-state index is 0.135. The van der Waals surface area contributed by atoms with Crippen LogP contribution in [0.25, 0.3) is 10.9 Å². The van der Waals surface area contributed by atoms with E-state index in [9.17, 15) is 4.79 Å². The monoisotopic (exact) mass is 333 g/mol. The van der Waals surface area contributed by atoms with Crippen molar-refractivity contribution in [1.29, 1.82) is 0 Å². The van der Waals surface area contributed by atoms with Crippen LogP contribution in [-0.2, 0) is 0 Å². The summed E-state index contributed by atoms with van der Waals surface area (Å²) in [5.74, 6) is 0.324. The van der Waals surface area contributed by atoms with Crippen molar-refractivity contribution in [3.8, 4) is 0 Å². The summed E-state index contributed by atoms with van der Waals surface area (Å²) in [6.45, 7) is 0. The number of pyridine rings is 1. The average Bonchev–Trinajstić information content (AvgIpc) is 2.86. The molecule has 0 bridgehead atoms. The summed E-state index contributed by atoms with van der Waals surface area (Å²) in [5, 5.41) is 0.879. The number of para-hydroxylation sites is 1. The molecule has 0 N–H and O–H groups in total. The second-order valence-electron chi connectivity index (χ2n) is 3.82. The number of halogens is 1. The lowest BCUT2D eigenvalue weighted by Crippen LogP contribution is -1.91. The fourth-order valence-electron chi connectivity index (χ4n) is 1.73. The number of nitrogens with zero attached hydrogens (tertiary/aromatic N) is 1. The quantitative estimate of drug-likeness (QED) is 0.646. The lowest BCUT2D eigenvalue weighted by molar-refractivity contribution is 0.106. The zero-order valence-corrected chi connectivity index (χ0v) is 12.1. The van der Waals surface area contributed by atoms with E-state index < -0.39 is 0 Å². The highest BCUT2D eigenvalue weighted by Crippen LogP contribution is 2.29. The Morgan fingerprint density at radius 3 is 2.79 bits per heavy atom. The van der Waals surface area contributed by atoms with Gasteiger partial charge in [-0.3, -0.25) is 9.78 Å². The Morgan fingerprint density at radius 1 is 1.16 bits per heavy atom. The third-order valence-electron chi connectivity index (χ3n) is 2.57. The van der Waals surface area contributed by atoms with Gasteiger partial charge in [-0.1, -0.05) is 18.2 Å². The van der Waals surface area contributed by atoms with Crippen LogP contribution < -0.4 is 0 Å². The number of carbonyl (C=O) groups is 1. The molecule has 0 amide bonds. The van der Waals surface area contributed by atoms with Crippen molar-refractivity contribution in [1.82, 2.24) is 4.98 Å². The lowest BCUT2D eigenvalue weighted by atomic mass is 10.2. The summed E-state index contributed by atoms with van der Waals surface area (Å²) in [5.41, 5.74) is 0.828. The molecule has 2 aromatic heterocycles. The van der Waals surface area contributed by atoms with Crippen LogP contribution in [0.5, 0.6) is 0 Å². The summed E-state index contributed by atoms with van der Waals surface area (Å²) in [6, 6.07) is 13.0. The highest BCUT2D eigenvalue weighted by Gasteiger charge is 2.14. The molecule has 0 radical (unpaired) electrons. The number of rotatable bonds is 2. The van der Waals surface area contributed by atoms with Gasteiger partial charge in [-0.05, 0) is 52.0 Å². The van der Waals surface area contributed by atoms with E-state index in [0.29, 0.717) is 10.4 Å². The van der Waals surface area contributed by atoms with E-state index in [-0.39, 0.29) is 5.12 Å². The van der Waals surface area contributed by atoms with Crippen molar-refractivity contribution in [3.63, 3.8) is 0 Å². The molecule has 0 atom stereocenters. The molecule has 3 rings (SSSR count). The smallest absolute Gasteiger partial charge is 0.259 e. The third kappa shape index (κ3) is 2.57. The third-order valence-corrected chi connectivity index (χ3v) is 3.93. The maximum atomic E-state index is 12.1. The molecular weight excluding hydrogens is 326 g/mol. The second-order valence-corrected chi connectivity index (χ2v) is 5.62. The first-order valence-corrected chi connectivity index (χ1v) is 7.16. The van der Waals surface area contributed by atoms with E-state index >= 15 is 0 Å². The summed E-state index contributed by atoms with van der Waals surface area (Å²) < 4.78 is 5.80. The van der Waals surface area contributed by atoms with E-state index in [1.165, 1.54) is 0 Å². The van der Waals surface area contributed by atoms with Crippen LogP contribution in [0.15, 0.2) is 62.6 Å². The van der Waals surface area contributed by atoms with Crippen LogP contribution in [-0.4, -0.2) is 10.1 Å². The van der Waals surface area contributed by atoms with Crippen LogP contribution >= 0.6 is 27.7 Å². The first-order valence-electron chi connectivity index (χ1n) is 5.55. The van der Waals surface area contributed by atoms with Gasteiger partial charge in [0.1, 0.15) is 0 Å². The molecule has 0 unspecified atom stereocenters. The minimum Gasteiger partial charge on any atom is -0.445 e. The standard InChI is InChI=1S/C14H8BrNO2S/c15-12-7-6-10(18-12)14(17)19-11-5-1-3-9-4-2-8-16-13(9)11/h1-8H. The largest absolute Gasteiger partial charge is 0.445 e. The average molecular weight is 334 g/mol. The van der Waals surface area contributed by atoms with Crippen LogP contribution in [0.3, 0.4) is 0 Å². The molecule has 0 aliphatic carbocycles. The van der Waals surface area contributed by atoms with Gasteiger partial charge in [-0.2, -0.15) is 0 Å². The number of hydrogen-bond donors (Lipinski definition) is 0. The fraction of sp³-hybridized carbons (Fsp3) is 0. The first-order chi connectivity index (χ1) is 9.24. The summed E-state index contributed by atoms with van der Waals surface area (Å²) in [7, 11) is 0. The Balaban J connectivity index is 1.95. The van der Waals surface area contributed by atoms with Crippen LogP contribution in [0.4, 0.5) is 0 Å². The topological polar surface area (TPSA) is 43.1 Å². The molecule has 0 saturated heterocycles. The van der Waals surface area contributed by atoms with E-state index in [1.54, 1.807) is 18.3 Å². The van der Waals surface area contributed by atoms with Crippen molar-refractivity contribution in [3.05, 3.63) is 59.1 Å². The van der Waals surface area contributed by atoms with Gasteiger partial charge < -0.3 is 4.42 Å². The van der Waals surface area contributed by atoms with Crippen LogP contribution in [0.1, 0.15) is 10.6 Å². The molecule has 0 aliphatic rings. The Labute approximate surface area is 122 Å². The molecule has 0 spiro atoms. The van der Waals surface area contributed by atoms with Gasteiger partial charge in [-0.25, -0.2) is 0 Å². The molecule has 2 heterocycles. The van der Waals surface area contributed by atoms with Crippen LogP contribution in [0.2, 0.25) is 0 Å². The van der Waals surface area contributed by atoms with Gasteiger partial charge >= 0.3 is 0 Å². The van der Waals surface area contributed by atoms with E-state index in [0.717, 1.165) is 27.6 Å². The fourth-order valence-corrected chi connectivity index (χ4v) is 2.86. The highest BCUT2D eigenvalue weighted by atomic mass is 79.9. The molecule has 0 aliphatic heterocycles. The molecular formula is C14H8BrNO2S. The maximum absolute atomic E-state index is 12.1. The maximum Gasteiger partial charge on any atom is 0.259 e. The molecule has 3 aromatic rings. The summed E-state index contributed by atoms with van der Waals surface area (Å²) in [4.78, 5) is 17.2. The van der Waals surface area contributed by atoms with Crippen LogP contribution in [0, 0.1) is 0 Å². The number of fused-ring (bicyclic) bond motifs is 1. The van der Waals surface area contributed by atoms with Gasteiger partial charge in [0.05, 0.1) is 5.52 Å². The molecule has 3 nitrogen and oxygen atoms in total. The van der Waals surface area contributed by atoms with Crippen molar-refractivity contribution >= 4 is 43.7 Å². The highest BCUT2D eigenvalue weighted by molar-refractivity contribution is 9.10. The van der Waals surface area contributed by atoms with Crippen molar-refractivity contribution in [2.24, 2.45) is 0 Å². The minimum atomic E-state index is -0.135. The Hall–Kier alpha value is -1.59. The molecule has 0 saturated carbocycles. The molecule has 0 fully saturated rings. The van der Waals surface area contributed by atoms with Gasteiger partial charge in [0.15, 0.2) is 10.4 Å². The Bertz CT molecular complexity index is 749. The number of furan rings is 1. The Morgan fingerprint density at radius 2 is 2.00 bits per heavy atom. The zero-order chi connectivity index (χ0) is 13.2. The molecule has 5 heteroatoms. The summed E-state index contributed by atoms with van der Waals surface area (Å²) in [6.07, 6.45) is 1.72. The van der Waals surface area contributed by atoms with Gasteiger partial charge in [0.2, 0.25) is 0 Å². The van der Waals surface area contributed by atoms with E-state index in [1.807, 2.05) is 30.3 Å². The lowest BCUT2D eigenvalue weighted by Gasteiger charge is -2.03. The molecule has 19 heavy (non-hydrogen) atoms. The van der Waals surface area contributed by atoms with E-state index in [4.69, 9.17) is 4.42 Å². The van der Waals surface area contributed by atoms with Gasteiger partial charge in [0.25, 0.3) is 5.12 Å². The predicted octanol–water partition coefficient (Wildman–Crippen LogP) is 4.52. The number of hydrogen-bond acceptors (Lipinski definition) is 4. The predicted molar refractivity (Wildman–Crippen MR) is 78.3 cm³/mol. The SMILES string of the molecule is O=C(Sc1cccc2cccnc12)c1ccc(Br)o1. The second kappa shape index (κ2) is 5.19. The van der Waals surface area contributed by atoms with Crippen molar-refractivity contribution in [2.45, 2.75) is 4.90 Å². The van der Waals surface area contributed by atoms with Crippen molar-refractivity contribution in [2.75, 3.05) is 0 Å². The van der Waals surface area contributed by atoms with Gasteiger partial charge in [0, 0.05) is 16.5 Å². The van der Waals surface area contributed by atoms with Crippen molar-refractivity contribution < 1.29 is 9.21 Å². The number of benzene rings is 1. The van der Waals surface area contributed by atoms with Gasteiger partial charge in [-0.15, -0.1) is 0 Å². The molecule has 94 valence electrons. The number of thioether (sulfide) groups is 1. The Kier molecular flexibility index (Phi) is 3.40. The number of aromatic nitrogens is 1. The summed E-state index contributed by atoms with van der Waals surface area (Å²) >= 11 is 4.31. The zero-order valence-electron chi connectivity index (χ0n) is 9.67. The first kappa shape index (κ1) is 12.4.